The Hall–Kier alpha value is -3.02. The van der Waals surface area contributed by atoms with Crippen LogP contribution in [0.5, 0.6) is 5.75 Å². The Morgan fingerprint density at radius 3 is 2.72 bits per heavy atom. The highest BCUT2D eigenvalue weighted by Crippen LogP contribution is 2.25. The van der Waals surface area contributed by atoms with Crippen molar-refractivity contribution < 1.29 is 18.4 Å². The molecule has 6 heteroatoms. The van der Waals surface area contributed by atoms with Crippen LogP contribution in [-0.2, 0) is 6.42 Å². The minimum absolute atomic E-state index is 0.0157. The third-order valence-electron chi connectivity index (χ3n) is 3.92. The van der Waals surface area contributed by atoms with Gasteiger partial charge in [-0.3, -0.25) is 4.79 Å². The van der Waals surface area contributed by atoms with Crippen LogP contribution in [0.25, 0.3) is 11.3 Å². The van der Waals surface area contributed by atoms with Crippen LogP contribution in [0.1, 0.15) is 29.6 Å². The number of ether oxygens (including phenoxy) is 1. The van der Waals surface area contributed by atoms with Gasteiger partial charge in [-0.25, -0.2) is 4.98 Å². The molecule has 2 heterocycles. The molecule has 1 atom stereocenters. The number of methoxy groups -OCH3 is 1. The third-order valence-corrected chi connectivity index (χ3v) is 3.92. The van der Waals surface area contributed by atoms with E-state index in [1.54, 1.807) is 13.4 Å². The largest absolute Gasteiger partial charge is 0.497 e. The van der Waals surface area contributed by atoms with Gasteiger partial charge in [0.2, 0.25) is 0 Å². The van der Waals surface area contributed by atoms with Crippen LogP contribution >= 0.6 is 0 Å². The summed E-state index contributed by atoms with van der Waals surface area (Å²) in [5.41, 5.74) is 1.04. The normalized spacial score (nSPS) is 11.9. The molecular formula is C19H20N2O4. The molecule has 1 N–H and O–H groups in total. The van der Waals surface area contributed by atoms with Gasteiger partial charge in [0.15, 0.2) is 17.8 Å². The summed E-state index contributed by atoms with van der Waals surface area (Å²) in [6, 6.07) is 11.0. The molecule has 2 aromatic heterocycles. The smallest absolute Gasteiger partial charge is 0.274 e. The number of carbonyl (C=O) groups excluding carboxylic acids is 1. The maximum atomic E-state index is 12.5. The highest BCUT2D eigenvalue weighted by Gasteiger charge is 2.20. The number of nitrogens with one attached hydrogen (secondary N) is 1. The summed E-state index contributed by atoms with van der Waals surface area (Å²) in [5.74, 6) is 1.83. The highest BCUT2D eigenvalue weighted by atomic mass is 16.5. The van der Waals surface area contributed by atoms with Crippen LogP contribution in [0.4, 0.5) is 0 Å². The summed E-state index contributed by atoms with van der Waals surface area (Å²) in [6.45, 7) is 1.95. The number of benzene rings is 1. The average molecular weight is 340 g/mol. The van der Waals surface area contributed by atoms with E-state index < -0.39 is 0 Å². The first-order valence-electron chi connectivity index (χ1n) is 8.08. The minimum Gasteiger partial charge on any atom is -0.497 e. The van der Waals surface area contributed by atoms with E-state index in [1.165, 1.54) is 6.39 Å². The standard InChI is InChI=1S/C19H20N2O4/c1-13(5-8-16-4-3-11-24-16)21-19(22)17-18(25-12-20-17)14-6-9-15(23-2)10-7-14/h3-4,6-7,9-13H,5,8H2,1-2H3,(H,21,22)/t13-/m0/s1. The summed E-state index contributed by atoms with van der Waals surface area (Å²) < 4.78 is 15.9. The van der Waals surface area contributed by atoms with Crippen LogP contribution in [0.3, 0.4) is 0 Å². The van der Waals surface area contributed by atoms with Crippen LogP contribution < -0.4 is 10.1 Å². The van der Waals surface area contributed by atoms with E-state index in [-0.39, 0.29) is 17.6 Å². The van der Waals surface area contributed by atoms with Crippen molar-refractivity contribution in [1.82, 2.24) is 10.3 Å². The van der Waals surface area contributed by atoms with Gasteiger partial charge in [-0.2, -0.15) is 0 Å². The fourth-order valence-corrected chi connectivity index (χ4v) is 2.53. The lowest BCUT2D eigenvalue weighted by Gasteiger charge is -2.12. The fourth-order valence-electron chi connectivity index (χ4n) is 2.53. The molecule has 0 aliphatic rings. The minimum atomic E-state index is -0.258. The number of nitrogens with zero attached hydrogens (tertiary/aromatic N) is 1. The average Bonchev–Trinajstić information content (AvgIpc) is 3.31. The predicted molar refractivity (Wildman–Crippen MR) is 92.4 cm³/mol. The Balaban J connectivity index is 1.65. The second kappa shape index (κ2) is 7.70. The van der Waals surface area contributed by atoms with Crippen molar-refractivity contribution in [3.63, 3.8) is 0 Å². The second-order valence-electron chi connectivity index (χ2n) is 5.75. The molecular weight excluding hydrogens is 320 g/mol. The van der Waals surface area contributed by atoms with Crippen LogP contribution in [0.2, 0.25) is 0 Å². The Bertz CT molecular complexity index is 806. The van der Waals surface area contributed by atoms with Gasteiger partial charge in [0.25, 0.3) is 5.91 Å². The Kier molecular flexibility index (Phi) is 5.18. The van der Waals surface area contributed by atoms with Gasteiger partial charge in [0.05, 0.1) is 13.4 Å². The number of hydrogen-bond acceptors (Lipinski definition) is 5. The number of aromatic nitrogens is 1. The van der Waals surface area contributed by atoms with Crippen LogP contribution in [-0.4, -0.2) is 24.0 Å². The van der Waals surface area contributed by atoms with E-state index >= 15 is 0 Å². The van der Waals surface area contributed by atoms with E-state index in [4.69, 9.17) is 13.6 Å². The number of rotatable bonds is 7. The highest BCUT2D eigenvalue weighted by molar-refractivity contribution is 5.97. The Morgan fingerprint density at radius 2 is 2.04 bits per heavy atom. The molecule has 0 saturated carbocycles. The van der Waals surface area contributed by atoms with Gasteiger partial charge >= 0.3 is 0 Å². The second-order valence-corrected chi connectivity index (χ2v) is 5.75. The van der Waals surface area contributed by atoms with Crippen LogP contribution in [0, 0.1) is 0 Å². The van der Waals surface area contributed by atoms with E-state index in [0.29, 0.717) is 5.76 Å². The molecule has 1 aromatic carbocycles. The molecule has 0 saturated heterocycles. The van der Waals surface area contributed by atoms with Crippen molar-refractivity contribution in [2.24, 2.45) is 0 Å². The topological polar surface area (TPSA) is 77.5 Å². The van der Waals surface area contributed by atoms with E-state index in [9.17, 15) is 4.79 Å². The van der Waals surface area contributed by atoms with Crippen molar-refractivity contribution in [3.8, 4) is 17.1 Å². The SMILES string of the molecule is COc1ccc(-c2ocnc2C(=O)N[C@@H](C)CCc2ccco2)cc1. The number of oxazole rings is 1. The first-order valence-corrected chi connectivity index (χ1v) is 8.08. The molecule has 0 unspecified atom stereocenters. The van der Waals surface area contributed by atoms with E-state index in [2.05, 4.69) is 10.3 Å². The number of amides is 1. The molecule has 0 spiro atoms. The monoisotopic (exact) mass is 340 g/mol. The first-order chi connectivity index (χ1) is 12.2. The lowest BCUT2D eigenvalue weighted by Crippen LogP contribution is -2.33. The van der Waals surface area contributed by atoms with Gasteiger partial charge in [-0.15, -0.1) is 0 Å². The van der Waals surface area contributed by atoms with Gasteiger partial charge in [-0.05, 0) is 49.7 Å². The zero-order valence-electron chi connectivity index (χ0n) is 14.2. The summed E-state index contributed by atoms with van der Waals surface area (Å²) in [5, 5.41) is 2.95. The van der Waals surface area contributed by atoms with Crippen molar-refractivity contribution >= 4 is 5.91 Å². The molecule has 0 radical (unpaired) electrons. The lowest BCUT2D eigenvalue weighted by molar-refractivity contribution is 0.0934. The maximum Gasteiger partial charge on any atom is 0.274 e. The molecule has 3 rings (SSSR count). The number of carbonyl (C=O) groups is 1. The Labute approximate surface area is 145 Å². The molecule has 0 bridgehead atoms. The Morgan fingerprint density at radius 1 is 1.24 bits per heavy atom. The number of aryl methyl sites for hydroxylation is 1. The fraction of sp³-hybridized carbons (Fsp3) is 0.263. The van der Waals surface area contributed by atoms with Gasteiger partial charge in [-0.1, -0.05) is 0 Å². The molecule has 0 aliphatic heterocycles. The predicted octanol–water partition coefficient (Wildman–Crippen LogP) is 3.69. The van der Waals surface area contributed by atoms with E-state index in [1.807, 2.05) is 43.3 Å². The van der Waals surface area contributed by atoms with Crippen molar-refractivity contribution in [1.29, 1.82) is 0 Å². The molecule has 130 valence electrons. The van der Waals surface area contributed by atoms with Gasteiger partial charge in [0, 0.05) is 18.0 Å². The van der Waals surface area contributed by atoms with Crippen molar-refractivity contribution in [2.45, 2.75) is 25.8 Å². The first kappa shape index (κ1) is 16.8. The maximum absolute atomic E-state index is 12.5. The van der Waals surface area contributed by atoms with Crippen molar-refractivity contribution in [2.75, 3.05) is 7.11 Å². The van der Waals surface area contributed by atoms with Gasteiger partial charge < -0.3 is 18.9 Å². The van der Waals surface area contributed by atoms with Crippen LogP contribution in [0.15, 0.2) is 57.9 Å². The summed E-state index contributed by atoms with van der Waals surface area (Å²) in [4.78, 5) is 16.6. The summed E-state index contributed by atoms with van der Waals surface area (Å²) in [7, 11) is 1.60. The zero-order valence-corrected chi connectivity index (χ0v) is 14.2. The zero-order chi connectivity index (χ0) is 17.6. The third kappa shape index (κ3) is 4.09. The molecule has 6 nitrogen and oxygen atoms in total. The summed E-state index contributed by atoms with van der Waals surface area (Å²) in [6.07, 6.45) is 4.46. The quantitative estimate of drug-likeness (QED) is 0.710. The molecule has 25 heavy (non-hydrogen) atoms. The number of furan rings is 1. The summed E-state index contributed by atoms with van der Waals surface area (Å²) >= 11 is 0. The van der Waals surface area contributed by atoms with E-state index in [0.717, 1.165) is 29.9 Å². The van der Waals surface area contributed by atoms with Gasteiger partial charge in [0.1, 0.15) is 11.5 Å². The van der Waals surface area contributed by atoms with Crippen molar-refractivity contribution in [3.05, 3.63) is 60.5 Å². The molecule has 0 fully saturated rings. The lowest BCUT2D eigenvalue weighted by atomic mass is 10.1. The molecule has 1 amide bonds. The number of hydrogen-bond donors (Lipinski definition) is 1. The molecule has 3 aromatic rings. The molecule has 0 aliphatic carbocycles.